The largest absolute Gasteiger partial charge is 0.292 e. The predicted octanol–water partition coefficient (Wildman–Crippen LogP) is 7.93. The summed E-state index contributed by atoms with van der Waals surface area (Å²) in [6.45, 7) is 0. The molecule has 0 N–H and O–H groups in total. The first kappa shape index (κ1) is 19.8. The highest BCUT2D eigenvalue weighted by Crippen LogP contribution is 2.56. The number of fused-ring (bicyclic) bond motifs is 6. The van der Waals surface area contributed by atoms with E-state index in [4.69, 9.17) is 11.8 Å². The summed E-state index contributed by atoms with van der Waals surface area (Å²) in [6, 6.07) is 45.4. The minimum Gasteiger partial charge on any atom is -0.292 e. The van der Waals surface area contributed by atoms with Gasteiger partial charge in [0.15, 0.2) is 6.34 Å². The van der Waals surface area contributed by atoms with Crippen LogP contribution in [-0.2, 0) is 11.8 Å². The van der Waals surface area contributed by atoms with Crippen LogP contribution in [0, 0.1) is 0 Å². The Labute approximate surface area is 202 Å². The fourth-order valence-electron chi connectivity index (χ4n) is 5.33. The first-order chi connectivity index (χ1) is 16.8. The molecule has 0 saturated carbocycles. The molecule has 5 aromatic carbocycles. The van der Waals surface area contributed by atoms with Crippen LogP contribution in [0.15, 0.2) is 127 Å². The van der Waals surface area contributed by atoms with Crippen molar-refractivity contribution in [2.45, 2.75) is 0 Å². The zero-order valence-corrected chi connectivity index (χ0v) is 20.1. The topological polar surface area (TPSA) is 9.86 Å². The molecule has 0 fully saturated rings. The van der Waals surface area contributed by atoms with Crippen molar-refractivity contribution < 1.29 is 0 Å². The fraction of sp³-hybridized carbons (Fsp3) is 0. The van der Waals surface area contributed by atoms with Gasteiger partial charge in [-0.3, -0.25) is 8.68 Å². The van der Waals surface area contributed by atoms with Gasteiger partial charge in [-0.15, -0.1) is 0 Å². The molecular formula is C30H21N2PS. The Kier molecular flexibility index (Phi) is 4.32. The molecule has 2 nitrogen and oxygen atoms in total. The number of para-hydroxylation sites is 4. The molecule has 0 aliphatic rings. The Morgan fingerprint density at radius 1 is 0.382 bits per heavy atom. The summed E-state index contributed by atoms with van der Waals surface area (Å²) in [6.07, 6.45) is -2.60. The van der Waals surface area contributed by atoms with Gasteiger partial charge in [0.1, 0.15) is 0 Å². The molecule has 0 radical (unpaired) electrons. The monoisotopic (exact) mass is 472 g/mol. The number of hydrogen-bond acceptors (Lipinski definition) is 1. The van der Waals surface area contributed by atoms with Gasteiger partial charge < -0.3 is 0 Å². The minimum absolute atomic E-state index is 1.17. The van der Waals surface area contributed by atoms with Crippen LogP contribution in [-0.4, -0.2) is 8.68 Å². The number of benzene rings is 5. The molecule has 0 spiro atoms. The van der Waals surface area contributed by atoms with Gasteiger partial charge in [-0.25, -0.2) is 0 Å². The summed E-state index contributed by atoms with van der Waals surface area (Å²) in [5.41, 5.74) is 4.71. The third-order valence-electron chi connectivity index (χ3n) is 6.74. The minimum atomic E-state index is -2.60. The molecule has 162 valence electrons. The molecule has 2 heterocycles. The molecule has 4 heteroatoms. The summed E-state index contributed by atoms with van der Waals surface area (Å²) in [5, 5.41) is 6.13. The maximum atomic E-state index is 6.96. The zero-order chi connectivity index (χ0) is 22.7. The normalized spacial score (nSPS) is 12.2. The summed E-state index contributed by atoms with van der Waals surface area (Å²) >= 11 is 6.96. The lowest BCUT2D eigenvalue weighted by molar-refractivity contribution is 1.27. The van der Waals surface area contributed by atoms with Crippen molar-refractivity contribution in [3.63, 3.8) is 0 Å². The first-order valence-corrected chi connectivity index (χ1v) is 14.1. The second kappa shape index (κ2) is 7.43. The summed E-state index contributed by atoms with van der Waals surface area (Å²) < 4.78 is 4.92. The average Bonchev–Trinajstić information content (AvgIpc) is 3.43. The molecular weight excluding hydrogens is 451 g/mol. The molecule has 7 rings (SSSR count). The lowest BCUT2D eigenvalue weighted by atomic mass is 10.2. The van der Waals surface area contributed by atoms with Gasteiger partial charge in [0.2, 0.25) is 0 Å². The van der Waals surface area contributed by atoms with Crippen molar-refractivity contribution >= 4 is 67.1 Å². The van der Waals surface area contributed by atoms with Gasteiger partial charge in [0.25, 0.3) is 0 Å². The third-order valence-corrected chi connectivity index (χ3v) is 11.3. The van der Waals surface area contributed by atoms with Gasteiger partial charge in [-0.1, -0.05) is 103 Å². The SMILES string of the molecule is S=P(c1ccccc1)(n1c2ccccc2c2ccccc21)n1c2ccccc2c2ccccc21. The Hall–Kier alpha value is -3.65. The zero-order valence-electron chi connectivity index (χ0n) is 18.4. The number of aromatic nitrogens is 2. The standard InChI is InChI=1S/C30H21N2PS/c34-33(22-12-2-1-3-13-22,31-27-18-8-4-14-23(27)24-15-5-9-19-28(24)31)32-29-20-10-6-16-25(29)26-17-7-11-21-30(26)32/h1-21H. The lowest BCUT2D eigenvalue weighted by Crippen LogP contribution is -2.17. The van der Waals surface area contributed by atoms with E-state index in [1.54, 1.807) is 0 Å². The van der Waals surface area contributed by atoms with Gasteiger partial charge >= 0.3 is 0 Å². The smallest absolute Gasteiger partial charge is 0.162 e. The van der Waals surface area contributed by atoms with Crippen LogP contribution in [0.3, 0.4) is 0 Å². The summed E-state index contributed by atoms with van der Waals surface area (Å²) in [4.78, 5) is 0. The highest BCUT2D eigenvalue weighted by atomic mass is 32.4. The Bertz CT molecular complexity index is 1670. The van der Waals surface area contributed by atoms with Crippen LogP contribution in [0.5, 0.6) is 0 Å². The Morgan fingerprint density at radius 3 is 1.03 bits per heavy atom. The van der Waals surface area contributed by atoms with E-state index in [1.165, 1.54) is 48.9 Å². The van der Waals surface area contributed by atoms with Crippen LogP contribution < -0.4 is 5.30 Å². The van der Waals surface area contributed by atoms with E-state index >= 15 is 0 Å². The summed E-state index contributed by atoms with van der Waals surface area (Å²) in [5.74, 6) is 0. The molecule has 2 aromatic heterocycles. The highest BCUT2D eigenvalue weighted by molar-refractivity contribution is 8.17. The van der Waals surface area contributed by atoms with E-state index < -0.39 is 6.34 Å². The fourth-order valence-corrected chi connectivity index (χ4v) is 9.82. The van der Waals surface area contributed by atoms with Gasteiger partial charge in [0.05, 0.1) is 22.1 Å². The lowest BCUT2D eigenvalue weighted by Gasteiger charge is -2.30. The molecule has 34 heavy (non-hydrogen) atoms. The van der Waals surface area contributed by atoms with E-state index in [2.05, 4.69) is 136 Å². The van der Waals surface area contributed by atoms with E-state index in [0.29, 0.717) is 0 Å². The molecule has 0 aliphatic carbocycles. The van der Waals surface area contributed by atoms with Crippen LogP contribution in [0.4, 0.5) is 0 Å². The molecule has 0 atom stereocenters. The van der Waals surface area contributed by atoms with Gasteiger partial charge in [0, 0.05) is 26.8 Å². The highest BCUT2D eigenvalue weighted by Gasteiger charge is 2.31. The van der Waals surface area contributed by atoms with Crippen LogP contribution >= 0.6 is 6.34 Å². The number of hydrogen-bond donors (Lipinski definition) is 0. The van der Waals surface area contributed by atoms with Crippen molar-refractivity contribution in [3.8, 4) is 0 Å². The van der Waals surface area contributed by atoms with Crippen molar-refractivity contribution in [1.29, 1.82) is 0 Å². The first-order valence-electron chi connectivity index (χ1n) is 11.4. The number of rotatable bonds is 3. The third kappa shape index (κ3) is 2.60. The van der Waals surface area contributed by atoms with Crippen LogP contribution in [0.2, 0.25) is 0 Å². The molecule has 0 saturated heterocycles. The maximum Gasteiger partial charge on any atom is 0.162 e. The van der Waals surface area contributed by atoms with Crippen molar-refractivity contribution in [2.24, 2.45) is 0 Å². The van der Waals surface area contributed by atoms with E-state index in [0.717, 1.165) is 0 Å². The van der Waals surface area contributed by atoms with Crippen molar-refractivity contribution in [3.05, 3.63) is 127 Å². The second-order valence-electron chi connectivity index (χ2n) is 8.57. The second-order valence-corrected chi connectivity index (χ2v) is 12.5. The number of nitrogens with zero attached hydrogens (tertiary/aromatic N) is 2. The van der Waals surface area contributed by atoms with Crippen molar-refractivity contribution in [1.82, 2.24) is 8.68 Å². The quantitative estimate of drug-likeness (QED) is 0.237. The molecule has 0 amide bonds. The summed E-state index contributed by atoms with van der Waals surface area (Å²) in [7, 11) is 0. The van der Waals surface area contributed by atoms with E-state index in [1.807, 2.05) is 0 Å². The molecule has 0 aliphatic heterocycles. The molecule has 0 bridgehead atoms. The van der Waals surface area contributed by atoms with Crippen molar-refractivity contribution in [2.75, 3.05) is 0 Å². The molecule has 0 unspecified atom stereocenters. The Morgan fingerprint density at radius 2 is 0.676 bits per heavy atom. The van der Waals surface area contributed by atoms with Crippen LogP contribution in [0.25, 0.3) is 43.6 Å². The average molecular weight is 473 g/mol. The van der Waals surface area contributed by atoms with E-state index in [9.17, 15) is 0 Å². The van der Waals surface area contributed by atoms with E-state index in [-0.39, 0.29) is 0 Å². The predicted molar refractivity (Wildman–Crippen MR) is 150 cm³/mol. The van der Waals surface area contributed by atoms with Gasteiger partial charge in [-0.2, -0.15) is 0 Å². The molecule has 7 aromatic rings. The van der Waals surface area contributed by atoms with Crippen LogP contribution in [0.1, 0.15) is 0 Å². The Balaban J connectivity index is 1.76. The maximum absolute atomic E-state index is 6.96. The van der Waals surface area contributed by atoms with Gasteiger partial charge in [-0.05, 0) is 36.1 Å².